The van der Waals surface area contributed by atoms with Crippen LogP contribution in [0.2, 0.25) is 0 Å². The molecule has 0 fully saturated rings. The van der Waals surface area contributed by atoms with Crippen molar-refractivity contribution in [1.82, 2.24) is 44.0 Å². The second-order valence-corrected chi connectivity index (χ2v) is 26.4. The molecule has 4 aromatic heterocycles. The first-order chi connectivity index (χ1) is 52.5. The molecule has 0 amide bonds. The zero-order valence-corrected chi connectivity index (χ0v) is 57.4. The van der Waals surface area contributed by atoms with E-state index in [-0.39, 0.29) is 0 Å². The molecule has 16 aromatic carbocycles. The van der Waals surface area contributed by atoms with Gasteiger partial charge in [0.2, 0.25) is 0 Å². The maximum atomic E-state index is 5.37. The highest BCUT2D eigenvalue weighted by atomic mass is 15.1. The quantitative estimate of drug-likeness (QED) is 0.112. The number of para-hydroxylation sites is 2. The molecule has 0 bridgehead atoms. The molecular weight excluding hydrogens is 1290 g/mol. The first kappa shape index (κ1) is 62.6. The van der Waals surface area contributed by atoms with E-state index in [1.165, 1.54) is 16.2 Å². The predicted molar refractivity (Wildman–Crippen MR) is 435 cm³/mol. The Morgan fingerprint density at radius 1 is 0.179 bits per heavy atom. The predicted octanol–water partition coefficient (Wildman–Crippen LogP) is 24.3. The van der Waals surface area contributed by atoms with Crippen molar-refractivity contribution >= 4 is 65.2 Å². The summed E-state index contributed by atoms with van der Waals surface area (Å²) in [4.78, 5) is 35.7. The summed E-state index contributed by atoms with van der Waals surface area (Å²) in [7, 11) is 0. The zero-order chi connectivity index (χ0) is 70.3. The minimum Gasteiger partial charge on any atom is -0.292 e. The first-order valence-electron chi connectivity index (χ1n) is 35.6. The molecule has 20 rings (SSSR count). The van der Waals surface area contributed by atoms with Crippen molar-refractivity contribution in [3.8, 4) is 124 Å². The van der Waals surface area contributed by atoms with Crippen LogP contribution in [0.1, 0.15) is 0 Å². The average Bonchev–Trinajstić information content (AvgIpc) is 1.53. The number of aromatic nitrogens is 9. The normalized spacial score (nSPS) is 11.4. The van der Waals surface area contributed by atoms with E-state index >= 15 is 0 Å². The van der Waals surface area contributed by atoms with E-state index in [4.69, 9.17) is 34.9 Å². The van der Waals surface area contributed by atoms with Crippen LogP contribution in [0, 0.1) is 0 Å². The van der Waals surface area contributed by atoms with Gasteiger partial charge in [-0.3, -0.25) is 9.13 Å². The molecule has 496 valence electrons. The second-order valence-electron chi connectivity index (χ2n) is 26.4. The molecule has 0 aliphatic carbocycles. The summed E-state index contributed by atoms with van der Waals surface area (Å²) >= 11 is 0. The highest BCUT2D eigenvalue weighted by Crippen LogP contribution is 2.42. The van der Waals surface area contributed by atoms with E-state index in [1.807, 2.05) is 109 Å². The van der Waals surface area contributed by atoms with Crippen LogP contribution < -0.4 is 0 Å². The van der Waals surface area contributed by atoms with E-state index in [2.05, 4.69) is 282 Å². The van der Waals surface area contributed by atoms with E-state index in [0.29, 0.717) is 23.3 Å². The lowest BCUT2D eigenvalue weighted by atomic mass is 9.96. The van der Waals surface area contributed by atoms with Crippen LogP contribution in [0.25, 0.3) is 190 Å². The lowest BCUT2D eigenvalue weighted by Crippen LogP contribution is -2.00. The summed E-state index contributed by atoms with van der Waals surface area (Å²) in [5, 5.41) is 9.31. The lowest BCUT2D eigenvalue weighted by Gasteiger charge is -2.12. The van der Waals surface area contributed by atoms with Gasteiger partial charge in [-0.1, -0.05) is 315 Å². The molecule has 9 heteroatoms. The van der Waals surface area contributed by atoms with E-state index in [9.17, 15) is 0 Å². The minimum absolute atomic E-state index is 0.636. The molecule has 0 unspecified atom stereocenters. The number of rotatable bonds is 12. The molecule has 106 heavy (non-hydrogen) atoms. The summed E-state index contributed by atoms with van der Waals surface area (Å²) in [5.74, 6) is 4.48. The molecular formula is C97H63N9. The Bertz CT molecular complexity index is 6130. The Balaban J connectivity index is 0.000000145. The fourth-order valence-corrected chi connectivity index (χ4v) is 14.7. The molecule has 0 saturated carbocycles. The fourth-order valence-electron chi connectivity index (χ4n) is 14.7. The standard InChI is InChI=1S/C49H32N4.C48H31N5/c1-5-14-33(15-6-1)43-32-44(34-16-7-2-8-17-34)51-48(50-43)40-21-13-20-37(31-40)38-26-28-42-39(30-38)25-24-35-27-29-45-47(46(35)42)52-49(36-18-9-3-10-19-36)53(45)41-22-11-4-12-23-41;1-5-14-33(15-6-1)45-50-46(34-16-7-2-8-17-34)52-47(51-45)39-21-13-20-36(31-39)37-26-28-41-38(30-37)25-24-32-27-29-42-44(43(32)41)49-48(35-18-9-3-10-19-35)53(42)40-22-11-4-12-23-40/h1-32H;1-31H. The van der Waals surface area contributed by atoms with Gasteiger partial charge in [-0.2, -0.15) is 0 Å². The maximum Gasteiger partial charge on any atom is 0.164 e. The van der Waals surface area contributed by atoms with E-state index < -0.39 is 0 Å². The Hall–Kier alpha value is -14.4. The third kappa shape index (κ3) is 11.8. The topological polar surface area (TPSA) is 100 Å². The number of imidazole rings is 2. The van der Waals surface area contributed by atoms with Crippen LogP contribution in [0.5, 0.6) is 0 Å². The Kier molecular flexibility index (Phi) is 16.0. The summed E-state index contributed by atoms with van der Waals surface area (Å²) in [6, 6.07) is 133. The molecule has 0 spiro atoms. The van der Waals surface area contributed by atoms with Crippen LogP contribution in [0.4, 0.5) is 0 Å². The number of fused-ring (bicyclic) bond motifs is 10. The van der Waals surface area contributed by atoms with Crippen LogP contribution in [-0.4, -0.2) is 44.0 Å². The van der Waals surface area contributed by atoms with Crippen LogP contribution in [0.3, 0.4) is 0 Å². The smallest absolute Gasteiger partial charge is 0.164 e. The van der Waals surface area contributed by atoms with Crippen molar-refractivity contribution in [2.45, 2.75) is 0 Å². The third-order valence-electron chi connectivity index (χ3n) is 19.8. The van der Waals surface area contributed by atoms with E-state index in [0.717, 1.165) is 150 Å². The van der Waals surface area contributed by atoms with E-state index in [1.54, 1.807) is 0 Å². The summed E-state index contributed by atoms with van der Waals surface area (Å²) < 4.78 is 4.55. The van der Waals surface area contributed by atoms with Gasteiger partial charge in [0.25, 0.3) is 0 Å². The van der Waals surface area contributed by atoms with Crippen molar-refractivity contribution in [1.29, 1.82) is 0 Å². The molecule has 20 aromatic rings. The first-order valence-corrected chi connectivity index (χ1v) is 35.6. The Labute approximate surface area is 612 Å². The second kappa shape index (κ2) is 27.2. The molecule has 0 saturated heterocycles. The number of benzene rings is 16. The monoisotopic (exact) mass is 1350 g/mol. The number of nitrogens with zero attached hydrogens (tertiary/aromatic N) is 9. The number of hydrogen-bond acceptors (Lipinski definition) is 7. The highest BCUT2D eigenvalue weighted by molar-refractivity contribution is 6.21. The maximum absolute atomic E-state index is 5.37. The van der Waals surface area contributed by atoms with Crippen molar-refractivity contribution in [2.75, 3.05) is 0 Å². The van der Waals surface area contributed by atoms with Gasteiger partial charge in [0, 0.05) is 66.7 Å². The van der Waals surface area contributed by atoms with Crippen LogP contribution in [-0.2, 0) is 0 Å². The summed E-state index contributed by atoms with van der Waals surface area (Å²) in [6.45, 7) is 0. The van der Waals surface area contributed by atoms with Crippen molar-refractivity contribution in [2.24, 2.45) is 0 Å². The van der Waals surface area contributed by atoms with Gasteiger partial charge < -0.3 is 0 Å². The molecule has 0 radical (unpaired) electrons. The van der Waals surface area contributed by atoms with Crippen LogP contribution in [0.15, 0.2) is 382 Å². The van der Waals surface area contributed by atoms with Crippen molar-refractivity contribution in [3.05, 3.63) is 382 Å². The van der Waals surface area contributed by atoms with Gasteiger partial charge in [0.1, 0.15) is 11.6 Å². The molecule has 0 N–H and O–H groups in total. The van der Waals surface area contributed by atoms with Gasteiger partial charge in [0.05, 0.1) is 33.5 Å². The van der Waals surface area contributed by atoms with Gasteiger partial charge in [-0.25, -0.2) is 34.9 Å². The average molecular weight is 1350 g/mol. The molecule has 0 atom stereocenters. The highest BCUT2D eigenvalue weighted by Gasteiger charge is 2.22. The minimum atomic E-state index is 0.636. The fraction of sp³-hybridized carbons (Fsp3) is 0. The zero-order valence-electron chi connectivity index (χ0n) is 57.4. The third-order valence-corrected chi connectivity index (χ3v) is 19.8. The molecule has 4 heterocycles. The number of hydrogen-bond donors (Lipinski definition) is 0. The summed E-state index contributed by atoms with van der Waals surface area (Å²) in [5.41, 5.74) is 20.6. The van der Waals surface area contributed by atoms with Gasteiger partial charge >= 0.3 is 0 Å². The Morgan fingerprint density at radius 2 is 0.472 bits per heavy atom. The van der Waals surface area contributed by atoms with Crippen molar-refractivity contribution < 1.29 is 0 Å². The van der Waals surface area contributed by atoms with Crippen LogP contribution >= 0.6 is 0 Å². The molecule has 0 aliphatic heterocycles. The molecule has 9 nitrogen and oxygen atoms in total. The largest absolute Gasteiger partial charge is 0.292 e. The Morgan fingerprint density at radius 3 is 0.858 bits per heavy atom. The van der Waals surface area contributed by atoms with Gasteiger partial charge in [0.15, 0.2) is 23.3 Å². The molecule has 0 aliphatic rings. The lowest BCUT2D eigenvalue weighted by molar-refractivity contribution is 1.07. The summed E-state index contributed by atoms with van der Waals surface area (Å²) in [6.07, 6.45) is 0. The SMILES string of the molecule is c1ccc(-c2cc(-c3ccccc3)nc(-c3cccc(-c4ccc5c(ccc6ccc7c(nc(-c8ccccc8)n7-c7ccccc7)c65)c4)c3)n2)cc1.c1ccc(-c2nc(-c3ccccc3)nc(-c3cccc(-c4ccc5c(ccc6ccc7c(nc(-c8ccccc8)n7-c7ccccc7)c65)c4)c3)n2)cc1. The van der Waals surface area contributed by atoms with Crippen molar-refractivity contribution in [3.63, 3.8) is 0 Å². The van der Waals surface area contributed by atoms with Gasteiger partial charge in [-0.15, -0.1) is 0 Å². The van der Waals surface area contributed by atoms with Gasteiger partial charge in [-0.05, 0) is 121 Å².